The molecule has 5 N–H and O–H groups in total. The zero-order valence-corrected chi connectivity index (χ0v) is 11.2. The normalized spacial score (nSPS) is 19.4. The van der Waals surface area contributed by atoms with Crippen LogP contribution in [0.3, 0.4) is 0 Å². The molecule has 1 atom stereocenters. The van der Waals surface area contributed by atoms with Crippen LogP contribution in [0.1, 0.15) is 55.7 Å². The second kappa shape index (κ2) is 6.16. The fourth-order valence-corrected chi connectivity index (χ4v) is 2.98. The molecule has 100 valence electrons. The van der Waals surface area contributed by atoms with Crippen molar-refractivity contribution in [1.82, 2.24) is 10.4 Å². The highest BCUT2D eigenvalue weighted by Crippen LogP contribution is 2.34. The van der Waals surface area contributed by atoms with Gasteiger partial charge in [0.1, 0.15) is 5.82 Å². The number of aryl methyl sites for hydroxylation is 1. The SMILES string of the molecule is Cc1cnc(N)c(C(NN)C2CCCCCC2)c1. The zero-order valence-electron chi connectivity index (χ0n) is 11.2. The molecule has 1 aromatic heterocycles. The monoisotopic (exact) mass is 248 g/mol. The number of hydrazine groups is 1. The van der Waals surface area contributed by atoms with E-state index in [1.165, 1.54) is 38.5 Å². The first-order chi connectivity index (χ1) is 8.72. The van der Waals surface area contributed by atoms with Crippen LogP contribution >= 0.6 is 0 Å². The molecule has 1 aliphatic rings. The third-order valence-corrected chi connectivity index (χ3v) is 3.97. The first-order valence-electron chi connectivity index (χ1n) is 6.90. The Morgan fingerprint density at radius 1 is 1.28 bits per heavy atom. The minimum atomic E-state index is 0.135. The zero-order chi connectivity index (χ0) is 13.0. The van der Waals surface area contributed by atoms with E-state index in [0.29, 0.717) is 11.7 Å². The molecule has 4 heteroatoms. The fourth-order valence-electron chi connectivity index (χ4n) is 2.98. The molecule has 18 heavy (non-hydrogen) atoms. The molecular weight excluding hydrogens is 224 g/mol. The van der Waals surface area contributed by atoms with E-state index in [9.17, 15) is 0 Å². The molecule has 4 nitrogen and oxygen atoms in total. The van der Waals surface area contributed by atoms with Gasteiger partial charge in [-0.3, -0.25) is 11.3 Å². The lowest BCUT2D eigenvalue weighted by atomic mass is 9.87. The van der Waals surface area contributed by atoms with Crippen molar-refractivity contribution in [2.24, 2.45) is 11.8 Å². The molecule has 1 fully saturated rings. The third-order valence-electron chi connectivity index (χ3n) is 3.97. The Labute approximate surface area is 109 Å². The lowest BCUT2D eigenvalue weighted by Gasteiger charge is -2.26. The van der Waals surface area contributed by atoms with Gasteiger partial charge >= 0.3 is 0 Å². The van der Waals surface area contributed by atoms with Crippen molar-refractivity contribution in [1.29, 1.82) is 0 Å². The molecule has 0 aromatic carbocycles. The molecule has 1 aromatic rings. The lowest BCUT2D eigenvalue weighted by Crippen LogP contribution is -2.34. The van der Waals surface area contributed by atoms with Crippen molar-refractivity contribution in [3.63, 3.8) is 0 Å². The number of nitrogens with zero attached hydrogens (tertiary/aromatic N) is 1. The van der Waals surface area contributed by atoms with Gasteiger partial charge in [0, 0.05) is 11.8 Å². The van der Waals surface area contributed by atoms with E-state index in [0.717, 1.165) is 11.1 Å². The topological polar surface area (TPSA) is 77.0 Å². The number of anilines is 1. The van der Waals surface area contributed by atoms with E-state index in [1.807, 2.05) is 6.92 Å². The predicted octanol–water partition coefficient (Wildman–Crippen LogP) is 2.45. The molecule has 1 saturated carbocycles. The summed E-state index contributed by atoms with van der Waals surface area (Å²) in [5, 5.41) is 0. The van der Waals surface area contributed by atoms with Crippen LogP contribution < -0.4 is 17.0 Å². The van der Waals surface area contributed by atoms with Crippen LogP contribution in [0, 0.1) is 12.8 Å². The van der Waals surface area contributed by atoms with E-state index >= 15 is 0 Å². The maximum atomic E-state index is 6.00. The van der Waals surface area contributed by atoms with Gasteiger partial charge in [-0.15, -0.1) is 0 Å². The smallest absolute Gasteiger partial charge is 0.128 e. The number of hydrogen-bond acceptors (Lipinski definition) is 4. The Morgan fingerprint density at radius 2 is 1.94 bits per heavy atom. The van der Waals surface area contributed by atoms with E-state index < -0.39 is 0 Å². The maximum Gasteiger partial charge on any atom is 0.128 e. The second-order valence-electron chi connectivity index (χ2n) is 5.38. The van der Waals surface area contributed by atoms with Crippen molar-refractivity contribution < 1.29 is 0 Å². The average Bonchev–Trinajstić information content (AvgIpc) is 2.64. The third kappa shape index (κ3) is 3.00. The summed E-state index contributed by atoms with van der Waals surface area (Å²) in [4.78, 5) is 4.25. The number of nitrogens with two attached hydrogens (primary N) is 2. The molecule has 0 spiro atoms. The van der Waals surface area contributed by atoms with Gasteiger partial charge in [0.15, 0.2) is 0 Å². The van der Waals surface area contributed by atoms with Crippen molar-refractivity contribution in [3.05, 3.63) is 23.4 Å². The molecule has 1 unspecified atom stereocenters. The number of nitrogen functional groups attached to an aromatic ring is 1. The van der Waals surface area contributed by atoms with E-state index in [-0.39, 0.29) is 6.04 Å². The predicted molar refractivity (Wildman–Crippen MR) is 74.6 cm³/mol. The first kappa shape index (κ1) is 13.3. The van der Waals surface area contributed by atoms with Gasteiger partial charge in [0.05, 0.1) is 6.04 Å². The number of aromatic nitrogens is 1. The van der Waals surface area contributed by atoms with Crippen molar-refractivity contribution in [3.8, 4) is 0 Å². The highest BCUT2D eigenvalue weighted by molar-refractivity contribution is 5.43. The largest absolute Gasteiger partial charge is 0.383 e. The molecule has 0 radical (unpaired) electrons. The van der Waals surface area contributed by atoms with Gasteiger partial charge in [-0.1, -0.05) is 25.7 Å². The van der Waals surface area contributed by atoms with Crippen LogP contribution in [-0.2, 0) is 0 Å². The van der Waals surface area contributed by atoms with Crippen LogP contribution in [0.25, 0.3) is 0 Å². The van der Waals surface area contributed by atoms with E-state index in [2.05, 4.69) is 16.5 Å². The van der Waals surface area contributed by atoms with Gasteiger partial charge in [-0.2, -0.15) is 0 Å². The van der Waals surface area contributed by atoms with Crippen molar-refractivity contribution >= 4 is 5.82 Å². The first-order valence-corrected chi connectivity index (χ1v) is 6.90. The Bertz CT molecular complexity index is 383. The molecule has 2 rings (SSSR count). The lowest BCUT2D eigenvalue weighted by molar-refractivity contribution is 0.329. The Morgan fingerprint density at radius 3 is 2.56 bits per heavy atom. The van der Waals surface area contributed by atoms with Crippen LogP contribution in [-0.4, -0.2) is 4.98 Å². The highest BCUT2D eigenvalue weighted by Gasteiger charge is 2.25. The van der Waals surface area contributed by atoms with Crippen molar-refractivity contribution in [2.45, 2.75) is 51.5 Å². The van der Waals surface area contributed by atoms with E-state index in [1.54, 1.807) is 6.20 Å². The Hall–Kier alpha value is -1.13. The standard InChI is InChI=1S/C14H24N4/c1-10-8-12(14(15)17-9-10)13(18-16)11-6-4-2-3-5-7-11/h8-9,11,13,18H,2-7,16H2,1H3,(H2,15,17). The van der Waals surface area contributed by atoms with Gasteiger partial charge in [-0.05, 0) is 37.3 Å². The van der Waals surface area contributed by atoms with Crippen LogP contribution in [0.4, 0.5) is 5.82 Å². The van der Waals surface area contributed by atoms with Crippen LogP contribution in [0.15, 0.2) is 12.3 Å². The molecule has 1 heterocycles. The maximum absolute atomic E-state index is 6.00. The number of rotatable bonds is 3. The van der Waals surface area contributed by atoms with Gasteiger partial charge < -0.3 is 5.73 Å². The molecule has 0 amide bonds. The van der Waals surface area contributed by atoms with Crippen molar-refractivity contribution in [2.75, 3.05) is 5.73 Å². The summed E-state index contributed by atoms with van der Waals surface area (Å²) in [5.41, 5.74) is 11.2. The van der Waals surface area contributed by atoms with E-state index in [4.69, 9.17) is 11.6 Å². The summed E-state index contributed by atoms with van der Waals surface area (Å²) in [7, 11) is 0. The molecule has 1 aliphatic carbocycles. The van der Waals surface area contributed by atoms with Gasteiger partial charge in [-0.25, -0.2) is 4.98 Å². The summed E-state index contributed by atoms with van der Waals surface area (Å²) < 4.78 is 0. The fraction of sp³-hybridized carbons (Fsp3) is 0.643. The van der Waals surface area contributed by atoms with Crippen LogP contribution in [0.5, 0.6) is 0 Å². The van der Waals surface area contributed by atoms with Gasteiger partial charge in [0.2, 0.25) is 0 Å². The van der Waals surface area contributed by atoms with Gasteiger partial charge in [0.25, 0.3) is 0 Å². The second-order valence-corrected chi connectivity index (χ2v) is 5.38. The van der Waals surface area contributed by atoms with Crippen LogP contribution in [0.2, 0.25) is 0 Å². The Balaban J connectivity index is 2.23. The summed E-state index contributed by atoms with van der Waals surface area (Å²) in [5.74, 6) is 6.95. The minimum absolute atomic E-state index is 0.135. The number of pyridine rings is 1. The molecule has 0 aliphatic heterocycles. The average molecular weight is 248 g/mol. The molecule has 0 bridgehead atoms. The Kier molecular flexibility index (Phi) is 4.55. The minimum Gasteiger partial charge on any atom is -0.383 e. The highest BCUT2D eigenvalue weighted by atomic mass is 15.2. The number of hydrogen-bond donors (Lipinski definition) is 3. The molecular formula is C14H24N4. The summed E-state index contributed by atoms with van der Waals surface area (Å²) >= 11 is 0. The number of nitrogens with one attached hydrogen (secondary N) is 1. The quantitative estimate of drug-likeness (QED) is 0.436. The summed E-state index contributed by atoms with van der Waals surface area (Å²) in [6.45, 7) is 2.04. The summed E-state index contributed by atoms with van der Waals surface area (Å²) in [6.07, 6.45) is 9.53. The summed E-state index contributed by atoms with van der Waals surface area (Å²) in [6, 6.07) is 2.24. The molecule has 0 saturated heterocycles.